The van der Waals surface area contributed by atoms with Crippen LogP contribution in [0.3, 0.4) is 0 Å². The third kappa shape index (κ3) is 7.49. The van der Waals surface area contributed by atoms with Crippen LogP contribution in [0.4, 0.5) is 0 Å². The van der Waals surface area contributed by atoms with Gasteiger partial charge in [-0.3, -0.25) is 25.6 Å². The van der Waals surface area contributed by atoms with Crippen molar-refractivity contribution in [1.82, 2.24) is 14.0 Å². The van der Waals surface area contributed by atoms with Crippen LogP contribution in [0.5, 0.6) is 0 Å². The fraction of sp³-hybridized carbons (Fsp3) is 1.00. The minimum Gasteiger partial charge on any atom is -0.272 e. The van der Waals surface area contributed by atoms with Crippen molar-refractivity contribution in [3.63, 3.8) is 0 Å². The molecule has 0 aliphatic rings. The van der Waals surface area contributed by atoms with Crippen LogP contribution in [0.15, 0.2) is 0 Å². The van der Waals surface area contributed by atoms with Gasteiger partial charge in [0.15, 0.2) is 0 Å². The average molecular weight is 274 g/mol. The summed E-state index contributed by atoms with van der Waals surface area (Å²) in [5.74, 6) is 0. The van der Waals surface area contributed by atoms with Gasteiger partial charge in [0, 0.05) is 0 Å². The highest BCUT2D eigenvalue weighted by Gasteiger charge is 2.30. The van der Waals surface area contributed by atoms with E-state index in [1.165, 1.54) is 0 Å². The van der Waals surface area contributed by atoms with Crippen LogP contribution >= 0.6 is 15.2 Å². The zero-order valence-corrected chi connectivity index (χ0v) is 12.6. The molecule has 0 bridgehead atoms. The summed E-state index contributed by atoms with van der Waals surface area (Å²) in [5, 5.41) is 0. The van der Waals surface area contributed by atoms with Crippen molar-refractivity contribution >= 4 is 15.2 Å². The molecule has 100 valence electrons. The van der Waals surface area contributed by atoms with Gasteiger partial charge in [0.2, 0.25) is 0 Å². The van der Waals surface area contributed by atoms with Gasteiger partial charge in [0.05, 0.1) is 0 Å². The molecule has 0 heterocycles. The Balaban J connectivity index is 0. The standard InChI is InChI=1S/C6H18N3OP.H6N3OP/c1-7(2)11(10,8(3)4)9(5)6;1-5(2,3)4/h1-6H3;(H6,1,2,3,4). The van der Waals surface area contributed by atoms with Crippen molar-refractivity contribution in [3.05, 3.63) is 0 Å². The van der Waals surface area contributed by atoms with Crippen LogP contribution in [0.1, 0.15) is 0 Å². The van der Waals surface area contributed by atoms with Crippen LogP contribution in [0, 0.1) is 0 Å². The van der Waals surface area contributed by atoms with Gasteiger partial charge in [0.25, 0.3) is 15.2 Å². The first kappa shape index (κ1) is 18.6. The quantitative estimate of drug-likeness (QED) is 0.602. The first-order valence-corrected chi connectivity index (χ1v) is 7.90. The molecule has 8 nitrogen and oxygen atoms in total. The van der Waals surface area contributed by atoms with Crippen LogP contribution in [0.25, 0.3) is 0 Å². The molecule has 0 fully saturated rings. The summed E-state index contributed by atoms with van der Waals surface area (Å²) in [6.45, 7) is 0. The number of rotatable bonds is 3. The second kappa shape index (κ2) is 6.83. The zero-order valence-electron chi connectivity index (χ0n) is 10.8. The molecular formula is C6H24N6O2P2. The van der Waals surface area contributed by atoms with E-state index in [0.717, 1.165) is 0 Å². The second-order valence-corrected chi connectivity index (χ2v) is 8.77. The highest BCUT2D eigenvalue weighted by Crippen LogP contribution is 2.50. The zero-order chi connectivity index (χ0) is 13.7. The lowest BCUT2D eigenvalue weighted by atomic mass is 11.2. The molecule has 16 heavy (non-hydrogen) atoms. The maximum atomic E-state index is 12.1. The summed E-state index contributed by atoms with van der Waals surface area (Å²) in [5.41, 5.74) is 13.4. The largest absolute Gasteiger partial charge is 0.285 e. The van der Waals surface area contributed by atoms with Gasteiger partial charge in [-0.15, -0.1) is 0 Å². The van der Waals surface area contributed by atoms with E-state index in [0.29, 0.717) is 0 Å². The van der Waals surface area contributed by atoms with E-state index < -0.39 is 15.2 Å². The predicted octanol–water partition coefficient (Wildman–Crippen LogP) is -0.250. The van der Waals surface area contributed by atoms with Gasteiger partial charge in [-0.2, -0.15) is 0 Å². The monoisotopic (exact) mass is 274 g/mol. The summed E-state index contributed by atoms with van der Waals surface area (Å²) < 4.78 is 26.9. The molecule has 0 saturated heterocycles. The maximum Gasteiger partial charge on any atom is 0.285 e. The van der Waals surface area contributed by atoms with E-state index in [9.17, 15) is 9.13 Å². The van der Waals surface area contributed by atoms with E-state index in [1.807, 2.05) is 42.3 Å². The second-order valence-electron chi connectivity index (χ2n) is 3.82. The molecular weight excluding hydrogens is 250 g/mol. The summed E-state index contributed by atoms with van der Waals surface area (Å²) in [6.07, 6.45) is 0. The van der Waals surface area contributed by atoms with Gasteiger partial charge in [-0.05, 0) is 42.3 Å². The Labute approximate surface area is 97.8 Å². The van der Waals surface area contributed by atoms with Crippen LogP contribution in [-0.4, -0.2) is 56.3 Å². The molecule has 0 unspecified atom stereocenters. The molecule has 0 aromatic heterocycles. The van der Waals surface area contributed by atoms with Gasteiger partial charge >= 0.3 is 0 Å². The molecule has 6 N–H and O–H groups in total. The highest BCUT2D eigenvalue weighted by molar-refractivity contribution is 7.56. The lowest BCUT2D eigenvalue weighted by Crippen LogP contribution is -2.30. The Kier molecular flexibility index (Phi) is 7.94. The fourth-order valence-corrected chi connectivity index (χ4v) is 3.22. The minimum absolute atomic E-state index is 1.74. The van der Waals surface area contributed by atoms with Gasteiger partial charge in [0.1, 0.15) is 0 Å². The van der Waals surface area contributed by atoms with Crippen molar-refractivity contribution in [1.29, 1.82) is 0 Å². The number of hydrogen-bond donors (Lipinski definition) is 3. The normalized spacial score (nSPS) is 13.0. The highest BCUT2D eigenvalue weighted by atomic mass is 31.2. The SMILES string of the molecule is CN(C)P(=O)(N(C)C)N(C)C.NP(N)(N)=O. The smallest absolute Gasteiger partial charge is 0.272 e. The summed E-state index contributed by atoms with van der Waals surface area (Å²) >= 11 is 0. The van der Waals surface area contributed by atoms with Crippen LogP contribution in [0.2, 0.25) is 0 Å². The molecule has 10 heteroatoms. The van der Waals surface area contributed by atoms with Crippen molar-refractivity contribution in [2.45, 2.75) is 0 Å². The van der Waals surface area contributed by atoms with Crippen molar-refractivity contribution < 1.29 is 9.13 Å². The molecule has 0 spiro atoms. The third-order valence-corrected chi connectivity index (χ3v) is 4.69. The van der Waals surface area contributed by atoms with E-state index in [1.54, 1.807) is 14.0 Å². The molecule has 0 aromatic carbocycles. The summed E-state index contributed by atoms with van der Waals surface area (Å²) in [7, 11) is 5.35. The summed E-state index contributed by atoms with van der Waals surface area (Å²) in [6, 6.07) is 0. The van der Waals surface area contributed by atoms with Gasteiger partial charge in [-0.25, -0.2) is 14.0 Å². The first-order valence-electron chi connectivity index (χ1n) is 4.42. The molecule has 0 saturated carbocycles. The Morgan fingerprint density at radius 3 is 0.812 bits per heavy atom. The molecule has 0 aliphatic carbocycles. The number of nitrogens with two attached hydrogens (primary N) is 3. The number of hydrogen-bond acceptors (Lipinski definition) is 2. The predicted molar refractivity (Wildman–Crippen MR) is 68.8 cm³/mol. The Hall–Kier alpha value is 0.220. The van der Waals surface area contributed by atoms with E-state index in [-0.39, 0.29) is 0 Å². The molecule has 0 amide bonds. The van der Waals surface area contributed by atoms with Crippen LogP contribution < -0.4 is 16.5 Å². The van der Waals surface area contributed by atoms with Crippen molar-refractivity contribution in [2.24, 2.45) is 16.5 Å². The van der Waals surface area contributed by atoms with Crippen molar-refractivity contribution in [2.75, 3.05) is 42.3 Å². The van der Waals surface area contributed by atoms with E-state index >= 15 is 0 Å². The molecule has 0 atom stereocenters. The Morgan fingerprint density at radius 2 is 0.812 bits per heavy atom. The molecule has 0 rings (SSSR count). The topological polar surface area (TPSA) is 122 Å². The third-order valence-electron chi connectivity index (χ3n) is 1.56. The average Bonchev–Trinajstić information content (AvgIpc) is 1.98. The number of nitrogens with zero attached hydrogens (tertiary/aromatic N) is 3. The fourth-order valence-electron chi connectivity index (χ4n) is 1.07. The maximum absolute atomic E-state index is 12.1. The lowest BCUT2D eigenvalue weighted by molar-refractivity contribution is 0.383. The Morgan fingerprint density at radius 1 is 0.688 bits per heavy atom. The molecule has 0 aromatic rings. The van der Waals surface area contributed by atoms with E-state index in [2.05, 4.69) is 16.5 Å². The summed E-state index contributed by atoms with van der Waals surface area (Å²) in [4.78, 5) is 0. The molecule has 0 radical (unpaired) electrons. The Bertz CT molecular complexity index is 250. The van der Waals surface area contributed by atoms with Crippen molar-refractivity contribution in [3.8, 4) is 0 Å². The van der Waals surface area contributed by atoms with Gasteiger partial charge in [-0.1, -0.05) is 0 Å². The van der Waals surface area contributed by atoms with E-state index in [4.69, 9.17) is 0 Å². The lowest BCUT2D eigenvalue weighted by Gasteiger charge is -2.34. The first-order chi connectivity index (χ1) is 6.83. The van der Waals surface area contributed by atoms with Gasteiger partial charge < -0.3 is 0 Å². The van der Waals surface area contributed by atoms with Crippen LogP contribution in [-0.2, 0) is 9.13 Å². The minimum atomic E-state index is -3.14. The molecule has 0 aliphatic heterocycles.